The number of carbonyl (C=O) groups excluding carboxylic acids is 1. The molecule has 0 amide bonds. The topological polar surface area (TPSA) is 94.7 Å². The summed E-state index contributed by atoms with van der Waals surface area (Å²) < 4.78 is 9.90. The number of benzene rings is 1. The van der Waals surface area contributed by atoms with E-state index < -0.39 is 5.97 Å². The van der Waals surface area contributed by atoms with Gasteiger partial charge in [0.25, 0.3) is 0 Å². The molecule has 0 spiro atoms. The summed E-state index contributed by atoms with van der Waals surface area (Å²) in [5.74, 6) is -0.198. The number of rotatable bonds is 3. The molecule has 0 radical (unpaired) electrons. The molecule has 0 aliphatic rings. The Morgan fingerprint density at radius 2 is 2.21 bits per heavy atom. The summed E-state index contributed by atoms with van der Waals surface area (Å²) >= 11 is 0. The van der Waals surface area contributed by atoms with Crippen LogP contribution in [-0.2, 0) is 4.74 Å². The average Bonchev–Trinajstić information content (AvgIpc) is 2.38. The van der Waals surface area contributed by atoms with Gasteiger partial charge in [0.2, 0.25) is 0 Å². The number of methoxy groups -OCH3 is 1. The first-order valence-electron chi connectivity index (χ1n) is 5.70. The van der Waals surface area contributed by atoms with Crippen LogP contribution in [-0.4, -0.2) is 29.8 Å². The number of anilines is 1. The highest BCUT2D eigenvalue weighted by molar-refractivity contribution is 6.06. The normalized spacial score (nSPS) is 10.4. The molecule has 2 rings (SSSR count). The van der Waals surface area contributed by atoms with E-state index >= 15 is 0 Å². The van der Waals surface area contributed by atoms with E-state index in [1.54, 1.807) is 13.0 Å². The Balaban J connectivity index is 2.65. The highest BCUT2D eigenvalue weighted by atomic mass is 16.5. The number of nitrogen functional groups attached to an aromatic ring is 1. The van der Waals surface area contributed by atoms with Crippen molar-refractivity contribution in [2.45, 2.75) is 6.92 Å². The number of carbonyl (C=O) groups is 1. The van der Waals surface area contributed by atoms with Gasteiger partial charge in [-0.25, -0.2) is 4.79 Å². The summed E-state index contributed by atoms with van der Waals surface area (Å²) in [6.45, 7) is 1.94. The van der Waals surface area contributed by atoms with Crippen molar-refractivity contribution < 1.29 is 19.4 Å². The summed E-state index contributed by atoms with van der Waals surface area (Å²) in [5, 5.41) is 10.3. The van der Waals surface area contributed by atoms with E-state index in [1.165, 1.54) is 19.4 Å². The molecule has 2 aromatic rings. The molecular weight excluding hydrogens is 248 g/mol. The van der Waals surface area contributed by atoms with Gasteiger partial charge in [-0.2, -0.15) is 0 Å². The lowest BCUT2D eigenvalue weighted by Crippen LogP contribution is -2.09. The number of fused-ring (bicyclic) bond motifs is 1. The Morgan fingerprint density at radius 3 is 2.84 bits per heavy atom. The molecule has 0 bridgehead atoms. The second-order valence-electron chi connectivity index (χ2n) is 3.85. The summed E-state index contributed by atoms with van der Waals surface area (Å²) in [7, 11) is 1.48. The quantitative estimate of drug-likeness (QED) is 0.818. The molecule has 0 unspecified atom stereocenters. The van der Waals surface area contributed by atoms with Crippen molar-refractivity contribution in [3.05, 3.63) is 23.9 Å². The summed E-state index contributed by atoms with van der Waals surface area (Å²) in [5.41, 5.74) is 6.62. The van der Waals surface area contributed by atoms with Crippen molar-refractivity contribution in [3.8, 4) is 11.5 Å². The summed E-state index contributed by atoms with van der Waals surface area (Å²) in [4.78, 5) is 15.8. The maximum atomic E-state index is 11.7. The molecule has 100 valence electrons. The first-order chi connectivity index (χ1) is 9.08. The number of aromatic hydroxyl groups is 1. The van der Waals surface area contributed by atoms with Crippen LogP contribution in [0.1, 0.15) is 17.3 Å². The molecule has 0 aliphatic carbocycles. The van der Waals surface area contributed by atoms with E-state index in [4.69, 9.17) is 15.2 Å². The predicted molar refractivity (Wildman–Crippen MR) is 70.3 cm³/mol. The van der Waals surface area contributed by atoms with E-state index in [1.807, 2.05) is 0 Å². The average molecular weight is 262 g/mol. The molecule has 3 N–H and O–H groups in total. The maximum Gasteiger partial charge on any atom is 0.341 e. The van der Waals surface area contributed by atoms with Crippen molar-refractivity contribution in [1.82, 2.24) is 4.98 Å². The highest BCUT2D eigenvalue weighted by Crippen LogP contribution is 2.34. The molecule has 0 saturated heterocycles. The second kappa shape index (κ2) is 5.01. The van der Waals surface area contributed by atoms with E-state index in [0.717, 1.165) is 0 Å². The van der Waals surface area contributed by atoms with Crippen LogP contribution in [0.25, 0.3) is 10.9 Å². The highest BCUT2D eigenvalue weighted by Gasteiger charge is 2.17. The summed E-state index contributed by atoms with van der Waals surface area (Å²) in [6.07, 6.45) is 1.33. The Hall–Kier alpha value is -2.50. The van der Waals surface area contributed by atoms with Gasteiger partial charge in [0.15, 0.2) is 0 Å². The van der Waals surface area contributed by atoms with Crippen molar-refractivity contribution in [1.29, 1.82) is 0 Å². The third kappa shape index (κ3) is 2.24. The lowest BCUT2D eigenvalue weighted by atomic mass is 10.1. The fourth-order valence-corrected chi connectivity index (χ4v) is 1.79. The molecule has 0 saturated carbocycles. The number of aromatic nitrogens is 1. The molecule has 1 aromatic carbocycles. The lowest BCUT2D eigenvalue weighted by molar-refractivity contribution is 0.0527. The Labute approximate surface area is 109 Å². The van der Waals surface area contributed by atoms with Crippen LogP contribution in [0.2, 0.25) is 0 Å². The van der Waals surface area contributed by atoms with Crippen LogP contribution in [0.4, 0.5) is 5.69 Å². The minimum atomic E-state index is -0.565. The number of pyridine rings is 1. The van der Waals surface area contributed by atoms with Crippen molar-refractivity contribution in [2.24, 2.45) is 0 Å². The minimum Gasteiger partial charge on any atom is -0.507 e. The number of ether oxygens (including phenoxy) is 2. The number of nitrogens with two attached hydrogens (primary N) is 1. The largest absolute Gasteiger partial charge is 0.507 e. The van der Waals surface area contributed by atoms with Crippen LogP contribution in [0.3, 0.4) is 0 Å². The molecule has 0 aliphatic heterocycles. The minimum absolute atomic E-state index is 0.0921. The maximum absolute atomic E-state index is 11.7. The van der Waals surface area contributed by atoms with Crippen LogP contribution in [0, 0.1) is 0 Å². The van der Waals surface area contributed by atoms with Gasteiger partial charge in [-0.3, -0.25) is 4.98 Å². The van der Waals surface area contributed by atoms with Gasteiger partial charge in [-0.05, 0) is 6.92 Å². The summed E-state index contributed by atoms with van der Waals surface area (Å²) in [6, 6.07) is 3.04. The van der Waals surface area contributed by atoms with Crippen molar-refractivity contribution in [3.63, 3.8) is 0 Å². The van der Waals surface area contributed by atoms with Crippen LogP contribution < -0.4 is 10.5 Å². The molecule has 0 fully saturated rings. The number of phenolic OH excluding ortho intramolecular Hbond substituents is 1. The van der Waals surface area contributed by atoms with Crippen LogP contribution in [0.15, 0.2) is 18.3 Å². The third-order valence-corrected chi connectivity index (χ3v) is 2.69. The molecule has 1 heterocycles. The van der Waals surface area contributed by atoms with E-state index in [9.17, 15) is 9.90 Å². The van der Waals surface area contributed by atoms with Gasteiger partial charge >= 0.3 is 5.97 Å². The van der Waals surface area contributed by atoms with Gasteiger partial charge < -0.3 is 20.3 Å². The molecule has 6 heteroatoms. The monoisotopic (exact) mass is 262 g/mol. The zero-order chi connectivity index (χ0) is 14.0. The Bertz CT molecular complexity index is 640. The SMILES string of the molecule is CCOC(=O)c1cnc2cc(OC)cc(O)c2c1N. The van der Waals surface area contributed by atoms with Gasteiger partial charge in [0.1, 0.15) is 17.1 Å². The number of nitrogens with zero attached hydrogens (tertiary/aromatic N) is 1. The zero-order valence-electron chi connectivity index (χ0n) is 10.6. The van der Waals surface area contributed by atoms with Crippen molar-refractivity contribution >= 4 is 22.6 Å². The van der Waals surface area contributed by atoms with Crippen molar-refractivity contribution in [2.75, 3.05) is 19.5 Å². The lowest BCUT2D eigenvalue weighted by Gasteiger charge is -2.10. The van der Waals surface area contributed by atoms with Gasteiger partial charge in [-0.15, -0.1) is 0 Å². The van der Waals surface area contributed by atoms with Crippen LogP contribution >= 0.6 is 0 Å². The number of hydrogen-bond acceptors (Lipinski definition) is 6. The van der Waals surface area contributed by atoms with Gasteiger partial charge in [-0.1, -0.05) is 0 Å². The number of esters is 1. The molecular formula is C13H14N2O4. The standard InChI is InChI=1S/C13H14N2O4/c1-3-19-13(17)8-6-15-9-4-7(18-2)5-10(16)11(9)12(8)14/h4-6,16H,3H2,1-2H3,(H2,14,15). The Kier molecular flexibility index (Phi) is 3.41. The Morgan fingerprint density at radius 1 is 1.47 bits per heavy atom. The van der Waals surface area contributed by atoms with Gasteiger partial charge in [0, 0.05) is 18.3 Å². The molecule has 1 aromatic heterocycles. The van der Waals surface area contributed by atoms with Crippen LogP contribution in [0.5, 0.6) is 11.5 Å². The smallest absolute Gasteiger partial charge is 0.341 e. The fourth-order valence-electron chi connectivity index (χ4n) is 1.79. The zero-order valence-corrected chi connectivity index (χ0v) is 10.6. The predicted octanol–water partition coefficient (Wildman–Crippen LogP) is 1.71. The molecule has 0 atom stereocenters. The fraction of sp³-hybridized carbons (Fsp3) is 0.231. The first-order valence-corrected chi connectivity index (χ1v) is 5.70. The van der Waals surface area contributed by atoms with E-state index in [0.29, 0.717) is 16.7 Å². The van der Waals surface area contributed by atoms with E-state index in [-0.39, 0.29) is 23.6 Å². The van der Waals surface area contributed by atoms with Gasteiger partial charge in [0.05, 0.1) is 30.3 Å². The number of phenols is 1. The van der Waals surface area contributed by atoms with E-state index in [2.05, 4.69) is 4.98 Å². The first kappa shape index (κ1) is 12.9. The third-order valence-electron chi connectivity index (χ3n) is 2.69. The second-order valence-corrected chi connectivity index (χ2v) is 3.85. The molecule has 19 heavy (non-hydrogen) atoms. The molecule has 6 nitrogen and oxygen atoms in total. The number of hydrogen-bond donors (Lipinski definition) is 2.